The zero-order valence-electron chi connectivity index (χ0n) is 11.9. The largest absolute Gasteiger partial charge is 0.356 e. The highest BCUT2D eigenvalue weighted by molar-refractivity contribution is 14.1. The molecular formula is C17H12FIN2O2. The Morgan fingerprint density at radius 1 is 1.17 bits per heavy atom. The minimum absolute atomic E-state index is 0.165. The van der Waals surface area contributed by atoms with Gasteiger partial charge in [0.2, 0.25) is 0 Å². The fourth-order valence-electron chi connectivity index (χ4n) is 2.06. The van der Waals surface area contributed by atoms with Crippen molar-refractivity contribution in [3.05, 3.63) is 75.2 Å². The van der Waals surface area contributed by atoms with Crippen LogP contribution in [0.25, 0.3) is 11.3 Å². The summed E-state index contributed by atoms with van der Waals surface area (Å²) in [6.45, 7) is 0.258. The van der Waals surface area contributed by atoms with E-state index in [2.05, 4.69) is 33.1 Å². The standard InChI is InChI=1S/C17H12FIN2O2/c18-12-7-5-11(6-8-12)16-9-13(21-23-16)10-20-17(22)14-3-1-2-4-15(14)19/h1-9H,10H2,(H,20,22). The normalized spacial score (nSPS) is 10.5. The van der Waals surface area contributed by atoms with Crippen molar-refractivity contribution in [2.24, 2.45) is 0 Å². The van der Waals surface area contributed by atoms with Crippen LogP contribution in [0.1, 0.15) is 16.1 Å². The molecule has 0 radical (unpaired) electrons. The van der Waals surface area contributed by atoms with E-state index in [-0.39, 0.29) is 18.3 Å². The maximum Gasteiger partial charge on any atom is 0.252 e. The first-order chi connectivity index (χ1) is 11.1. The predicted octanol–water partition coefficient (Wildman–Crippen LogP) is 4.02. The first-order valence-corrected chi connectivity index (χ1v) is 7.95. The van der Waals surface area contributed by atoms with Gasteiger partial charge < -0.3 is 9.84 Å². The lowest BCUT2D eigenvalue weighted by molar-refractivity contribution is 0.0949. The molecule has 3 rings (SSSR count). The molecule has 6 heteroatoms. The summed E-state index contributed by atoms with van der Waals surface area (Å²) in [5, 5.41) is 6.72. The molecule has 23 heavy (non-hydrogen) atoms. The smallest absolute Gasteiger partial charge is 0.252 e. The second-order valence-electron chi connectivity index (χ2n) is 4.85. The number of amides is 1. The summed E-state index contributed by atoms with van der Waals surface area (Å²) in [6, 6.07) is 15.0. The highest BCUT2D eigenvalue weighted by Gasteiger charge is 2.11. The average Bonchev–Trinajstić information content (AvgIpc) is 3.03. The summed E-state index contributed by atoms with van der Waals surface area (Å²) in [6.07, 6.45) is 0. The Bertz CT molecular complexity index is 831. The molecule has 0 atom stereocenters. The van der Waals surface area contributed by atoms with Gasteiger partial charge in [0.05, 0.1) is 12.1 Å². The fraction of sp³-hybridized carbons (Fsp3) is 0.0588. The molecule has 0 saturated carbocycles. The first-order valence-electron chi connectivity index (χ1n) is 6.88. The van der Waals surface area contributed by atoms with Crippen LogP contribution in [0.2, 0.25) is 0 Å². The molecule has 2 aromatic carbocycles. The number of benzene rings is 2. The Morgan fingerprint density at radius 2 is 1.91 bits per heavy atom. The van der Waals surface area contributed by atoms with E-state index < -0.39 is 0 Å². The average molecular weight is 422 g/mol. The number of carbonyl (C=O) groups is 1. The van der Waals surface area contributed by atoms with Gasteiger partial charge in [-0.25, -0.2) is 4.39 Å². The third-order valence-electron chi connectivity index (χ3n) is 3.24. The van der Waals surface area contributed by atoms with Crippen molar-refractivity contribution in [1.29, 1.82) is 0 Å². The van der Waals surface area contributed by atoms with Gasteiger partial charge in [0.15, 0.2) is 5.76 Å². The lowest BCUT2D eigenvalue weighted by atomic mass is 10.1. The van der Waals surface area contributed by atoms with Crippen molar-refractivity contribution in [3.63, 3.8) is 0 Å². The summed E-state index contributed by atoms with van der Waals surface area (Å²) >= 11 is 2.12. The Balaban J connectivity index is 1.67. The van der Waals surface area contributed by atoms with Gasteiger partial charge in [-0.3, -0.25) is 4.79 Å². The number of halogens is 2. The summed E-state index contributed by atoms with van der Waals surface area (Å²) in [4.78, 5) is 12.1. The first kappa shape index (κ1) is 15.7. The van der Waals surface area contributed by atoms with Crippen LogP contribution < -0.4 is 5.32 Å². The van der Waals surface area contributed by atoms with Crippen molar-refractivity contribution in [3.8, 4) is 11.3 Å². The van der Waals surface area contributed by atoms with Crippen molar-refractivity contribution < 1.29 is 13.7 Å². The number of rotatable bonds is 4. The molecule has 0 spiro atoms. The molecule has 0 fully saturated rings. The Labute approximate surface area is 145 Å². The number of hydrogen-bond donors (Lipinski definition) is 1. The maximum atomic E-state index is 12.9. The molecule has 0 aliphatic rings. The van der Waals surface area contributed by atoms with E-state index in [0.29, 0.717) is 17.0 Å². The van der Waals surface area contributed by atoms with Gasteiger partial charge in [-0.2, -0.15) is 0 Å². The maximum absolute atomic E-state index is 12.9. The second-order valence-corrected chi connectivity index (χ2v) is 6.01. The van der Waals surface area contributed by atoms with E-state index in [4.69, 9.17) is 4.52 Å². The van der Waals surface area contributed by atoms with Crippen LogP contribution in [-0.2, 0) is 6.54 Å². The highest BCUT2D eigenvalue weighted by atomic mass is 127. The van der Waals surface area contributed by atoms with E-state index in [1.54, 1.807) is 24.3 Å². The SMILES string of the molecule is O=C(NCc1cc(-c2ccc(F)cc2)on1)c1ccccc1I. The molecule has 3 aromatic rings. The van der Waals surface area contributed by atoms with Crippen LogP contribution in [0.3, 0.4) is 0 Å². The zero-order valence-corrected chi connectivity index (χ0v) is 14.1. The van der Waals surface area contributed by atoms with E-state index in [1.807, 2.05) is 18.2 Å². The van der Waals surface area contributed by atoms with Crippen LogP contribution in [0.15, 0.2) is 59.1 Å². The Kier molecular flexibility index (Phi) is 4.71. The van der Waals surface area contributed by atoms with Gasteiger partial charge in [-0.1, -0.05) is 17.3 Å². The van der Waals surface area contributed by atoms with Crippen LogP contribution in [0, 0.1) is 9.39 Å². The molecule has 0 bridgehead atoms. The molecular weight excluding hydrogens is 410 g/mol. The lowest BCUT2D eigenvalue weighted by Crippen LogP contribution is -2.23. The number of nitrogens with one attached hydrogen (secondary N) is 1. The molecule has 0 aliphatic carbocycles. The number of hydrogen-bond acceptors (Lipinski definition) is 3. The number of aromatic nitrogens is 1. The third kappa shape index (κ3) is 3.76. The van der Waals surface area contributed by atoms with E-state index in [1.165, 1.54) is 12.1 Å². The fourth-order valence-corrected chi connectivity index (χ4v) is 2.69. The molecule has 0 unspecified atom stereocenters. The summed E-state index contributed by atoms with van der Waals surface area (Å²) in [7, 11) is 0. The predicted molar refractivity (Wildman–Crippen MR) is 92.2 cm³/mol. The van der Waals surface area contributed by atoms with Crippen LogP contribution in [-0.4, -0.2) is 11.1 Å². The van der Waals surface area contributed by atoms with Gasteiger partial charge in [0, 0.05) is 15.2 Å². The van der Waals surface area contributed by atoms with Gasteiger partial charge in [-0.15, -0.1) is 0 Å². The van der Waals surface area contributed by atoms with Gasteiger partial charge in [0.1, 0.15) is 11.5 Å². The third-order valence-corrected chi connectivity index (χ3v) is 4.18. The van der Waals surface area contributed by atoms with Gasteiger partial charge in [0.25, 0.3) is 5.91 Å². The van der Waals surface area contributed by atoms with Crippen LogP contribution in [0.5, 0.6) is 0 Å². The summed E-state index contributed by atoms with van der Waals surface area (Å²) < 4.78 is 19.0. The molecule has 1 N–H and O–H groups in total. The molecule has 1 aromatic heterocycles. The molecule has 1 heterocycles. The highest BCUT2D eigenvalue weighted by Crippen LogP contribution is 2.20. The number of carbonyl (C=O) groups excluding carboxylic acids is 1. The minimum Gasteiger partial charge on any atom is -0.356 e. The summed E-state index contributed by atoms with van der Waals surface area (Å²) in [5.41, 5.74) is 1.95. The quantitative estimate of drug-likeness (QED) is 0.647. The molecule has 4 nitrogen and oxygen atoms in total. The molecule has 1 amide bonds. The van der Waals surface area contributed by atoms with Gasteiger partial charge in [-0.05, 0) is 59.0 Å². The minimum atomic E-state index is -0.307. The van der Waals surface area contributed by atoms with Crippen molar-refractivity contribution in [2.45, 2.75) is 6.54 Å². The van der Waals surface area contributed by atoms with Crippen molar-refractivity contribution >= 4 is 28.5 Å². The van der Waals surface area contributed by atoms with Gasteiger partial charge >= 0.3 is 0 Å². The van der Waals surface area contributed by atoms with E-state index >= 15 is 0 Å². The van der Waals surface area contributed by atoms with Crippen LogP contribution in [0.4, 0.5) is 4.39 Å². The Hall–Kier alpha value is -2.22. The zero-order chi connectivity index (χ0) is 16.2. The van der Waals surface area contributed by atoms with E-state index in [0.717, 1.165) is 9.13 Å². The van der Waals surface area contributed by atoms with Crippen molar-refractivity contribution in [1.82, 2.24) is 10.5 Å². The van der Waals surface area contributed by atoms with Crippen molar-refractivity contribution in [2.75, 3.05) is 0 Å². The molecule has 0 aliphatic heterocycles. The molecule has 116 valence electrons. The topological polar surface area (TPSA) is 55.1 Å². The summed E-state index contributed by atoms with van der Waals surface area (Å²) in [5.74, 6) is 0.0584. The second kappa shape index (κ2) is 6.91. The molecule has 0 saturated heterocycles. The monoisotopic (exact) mass is 422 g/mol. The lowest BCUT2D eigenvalue weighted by Gasteiger charge is -2.04. The van der Waals surface area contributed by atoms with E-state index in [9.17, 15) is 9.18 Å². The van der Waals surface area contributed by atoms with Crippen LogP contribution >= 0.6 is 22.6 Å². The Morgan fingerprint density at radius 3 is 2.65 bits per heavy atom. The number of nitrogens with zero attached hydrogens (tertiary/aromatic N) is 1.